The topological polar surface area (TPSA) is 47.6 Å². The molecule has 0 fully saturated rings. The van der Waals surface area contributed by atoms with E-state index in [1.54, 1.807) is 20.3 Å². The third kappa shape index (κ3) is 4.42. The zero-order chi connectivity index (χ0) is 16.8. The predicted octanol–water partition coefficient (Wildman–Crippen LogP) is 4.13. The molecule has 23 heavy (non-hydrogen) atoms. The Labute approximate surface area is 141 Å². The highest BCUT2D eigenvalue weighted by Crippen LogP contribution is 2.33. The van der Waals surface area contributed by atoms with Crippen molar-refractivity contribution in [3.05, 3.63) is 48.0 Å². The molecule has 0 radical (unpaired) electrons. The summed E-state index contributed by atoms with van der Waals surface area (Å²) < 4.78 is 10.5. The van der Waals surface area contributed by atoms with Crippen LogP contribution in [-0.4, -0.2) is 25.4 Å². The third-order valence-corrected chi connectivity index (χ3v) is 4.53. The lowest BCUT2D eigenvalue weighted by atomic mass is 10.1. The zero-order valence-electron chi connectivity index (χ0n) is 13.8. The molecule has 0 saturated carbocycles. The van der Waals surface area contributed by atoms with Crippen LogP contribution in [-0.2, 0) is 4.79 Å². The molecule has 0 aliphatic rings. The highest BCUT2D eigenvalue weighted by molar-refractivity contribution is 8.00. The van der Waals surface area contributed by atoms with E-state index in [4.69, 9.17) is 9.47 Å². The molecule has 0 saturated heterocycles. The van der Waals surface area contributed by atoms with Crippen LogP contribution >= 0.6 is 11.8 Å². The fraction of sp³-hybridized carbons (Fsp3) is 0.278. The molecule has 5 heteroatoms. The lowest BCUT2D eigenvalue weighted by Gasteiger charge is -2.16. The molecule has 4 nitrogen and oxygen atoms in total. The standard InChI is InChI=1S/C18H21NO3S/c1-12-10-16(21-3)17(22-4)11-15(12)19-18(20)13(2)23-14-8-6-5-7-9-14/h5-11,13H,1-4H3,(H,19,20). The SMILES string of the molecule is COc1cc(C)c(NC(=O)C(C)Sc2ccccc2)cc1OC. The van der Waals surface area contributed by atoms with Crippen molar-refractivity contribution >= 4 is 23.4 Å². The van der Waals surface area contributed by atoms with Crippen LogP contribution in [0.1, 0.15) is 12.5 Å². The normalized spacial score (nSPS) is 11.7. The molecule has 1 amide bonds. The molecule has 0 spiro atoms. The monoisotopic (exact) mass is 331 g/mol. The van der Waals surface area contributed by atoms with Gasteiger partial charge >= 0.3 is 0 Å². The molecule has 0 aliphatic heterocycles. The Morgan fingerprint density at radius 1 is 1.09 bits per heavy atom. The maximum Gasteiger partial charge on any atom is 0.237 e. The van der Waals surface area contributed by atoms with Crippen LogP contribution < -0.4 is 14.8 Å². The first-order chi connectivity index (χ1) is 11.0. The van der Waals surface area contributed by atoms with Gasteiger partial charge in [-0.1, -0.05) is 18.2 Å². The van der Waals surface area contributed by atoms with Crippen molar-refractivity contribution in [2.45, 2.75) is 24.0 Å². The second kappa shape index (κ2) is 7.92. The first kappa shape index (κ1) is 17.2. The quantitative estimate of drug-likeness (QED) is 0.809. The van der Waals surface area contributed by atoms with E-state index in [0.717, 1.165) is 16.1 Å². The number of aryl methyl sites for hydroxylation is 1. The average molecular weight is 331 g/mol. The summed E-state index contributed by atoms with van der Waals surface area (Å²) in [5.74, 6) is 1.20. The second-order valence-electron chi connectivity index (χ2n) is 5.08. The van der Waals surface area contributed by atoms with Crippen LogP contribution in [0.5, 0.6) is 11.5 Å². The van der Waals surface area contributed by atoms with Crippen LogP contribution in [0.25, 0.3) is 0 Å². The lowest BCUT2D eigenvalue weighted by Crippen LogP contribution is -2.22. The number of rotatable bonds is 6. The number of anilines is 1. The number of carbonyl (C=O) groups excluding carboxylic acids is 1. The highest BCUT2D eigenvalue weighted by atomic mass is 32.2. The molecule has 0 aliphatic carbocycles. The highest BCUT2D eigenvalue weighted by Gasteiger charge is 2.17. The van der Waals surface area contributed by atoms with E-state index in [-0.39, 0.29) is 11.2 Å². The van der Waals surface area contributed by atoms with Crippen LogP contribution in [0.15, 0.2) is 47.4 Å². The number of methoxy groups -OCH3 is 2. The third-order valence-electron chi connectivity index (χ3n) is 3.41. The Kier molecular flexibility index (Phi) is 5.93. The maximum absolute atomic E-state index is 12.4. The summed E-state index contributed by atoms with van der Waals surface area (Å²) in [6, 6.07) is 13.5. The van der Waals surface area contributed by atoms with Gasteiger partial charge in [0.2, 0.25) is 5.91 Å². The van der Waals surface area contributed by atoms with Gasteiger partial charge in [0.05, 0.1) is 19.5 Å². The predicted molar refractivity (Wildman–Crippen MR) is 94.7 cm³/mol. The van der Waals surface area contributed by atoms with Crippen LogP contribution in [0, 0.1) is 6.92 Å². The summed E-state index contributed by atoms with van der Waals surface area (Å²) in [5, 5.41) is 2.76. The largest absolute Gasteiger partial charge is 0.493 e. The van der Waals surface area contributed by atoms with E-state index < -0.39 is 0 Å². The minimum atomic E-state index is -0.204. The molecular weight excluding hydrogens is 310 g/mol. The molecule has 2 aromatic rings. The van der Waals surface area contributed by atoms with Gasteiger partial charge in [0.25, 0.3) is 0 Å². The Balaban J connectivity index is 2.10. The number of amides is 1. The molecule has 122 valence electrons. The maximum atomic E-state index is 12.4. The van der Waals surface area contributed by atoms with Crippen LogP contribution in [0.3, 0.4) is 0 Å². The van der Waals surface area contributed by atoms with E-state index in [0.29, 0.717) is 11.5 Å². The number of benzene rings is 2. The Morgan fingerprint density at radius 3 is 2.30 bits per heavy atom. The second-order valence-corrected chi connectivity index (χ2v) is 6.50. The zero-order valence-corrected chi connectivity index (χ0v) is 14.6. The van der Waals surface area contributed by atoms with Crippen LogP contribution in [0.4, 0.5) is 5.69 Å². The van der Waals surface area contributed by atoms with Crippen molar-refractivity contribution in [2.24, 2.45) is 0 Å². The number of hydrogen-bond donors (Lipinski definition) is 1. The molecule has 1 unspecified atom stereocenters. The molecule has 0 bridgehead atoms. The lowest BCUT2D eigenvalue weighted by molar-refractivity contribution is -0.115. The minimum absolute atomic E-state index is 0.0471. The smallest absolute Gasteiger partial charge is 0.237 e. The summed E-state index contributed by atoms with van der Waals surface area (Å²) in [4.78, 5) is 13.5. The fourth-order valence-electron chi connectivity index (χ4n) is 2.11. The fourth-order valence-corrected chi connectivity index (χ4v) is 2.99. The molecular formula is C18H21NO3S. The van der Waals surface area contributed by atoms with Gasteiger partial charge in [0, 0.05) is 16.6 Å². The molecule has 1 N–H and O–H groups in total. The van der Waals surface area contributed by atoms with Gasteiger partial charge < -0.3 is 14.8 Å². The van der Waals surface area contributed by atoms with Crippen molar-refractivity contribution in [3.63, 3.8) is 0 Å². The first-order valence-electron chi connectivity index (χ1n) is 7.30. The van der Waals surface area contributed by atoms with Gasteiger partial charge in [-0.15, -0.1) is 11.8 Å². The molecule has 2 rings (SSSR count). The Hall–Kier alpha value is -2.14. The number of nitrogens with one attached hydrogen (secondary N) is 1. The van der Waals surface area contributed by atoms with Crippen molar-refractivity contribution in [1.82, 2.24) is 0 Å². The Bertz CT molecular complexity index is 673. The summed E-state index contributed by atoms with van der Waals surface area (Å²) in [7, 11) is 3.17. The van der Waals surface area contributed by atoms with Crippen molar-refractivity contribution < 1.29 is 14.3 Å². The van der Waals surface area contributed by atoms with Gasteiger partial charge in [-0.2, -0.15) is 0 Å². The Morgan fingerprint density at radius 2 is 1.70 bits per heavy atom. The van der Waals surface area contributed by atoms with E-state index in [2.05, 4.69) is 5.32 Å². The van der Waals surface area contributed by atoms with Gasteiger partial charge in [-0.3, -0.25) is 4.79 Å². The van der Waals surface area contributed by atoms with E-state index in [9.17, 15) is 4.79 Å². The first-order valence-corrected chi connectivity index (χ1v) is 8.18. The van der Waals surface area contributed by atoms with E-state index in [1.165, 1.54) is 11.8 Å². The van der Waals surface area contributed by atoms with Crippen molar-refractivity contribution in [1.29, 1.82) is 0 Å². The number of thioether (sulfide) groups is 1. The van der Waals surface area contributed by atoms with E-state index >= 15 is 0 Å². The summed E-state index contributed by atoms with van der Waals surface area (Å²) in [5.41, 5.74) is 1.65. The average Bonchev–Trinajstić information content (AvgIpc) is 2.57. The van der Waals surface area contributed by atoms with Gasteiger partial charge in [0.1, 0.15) is 0 Å². The molecule has 2 aromatic carbocycles. The summed E-state index contributed by atoms with van der Waals surface area (Å²) in [6.45, 7) is 3.82. The van der Waals surface area contributed by atoms with Gasteiger partial charge in [-0.25, -0.2) is 0 Å². The number of ether oxygens (including phenoxy) is 2. The van der Waals surface area contributed by atoms with Crippen molar-refractivity contribution in [2.75, 3.05) is 19.5 Å². The van der Waals surface area contributed by atoms with Gasteiger partial charge in [0.15, 0.2) is 11.5 Å². The van der Waals surface area contributed by atoms with E-state index in [1.807, 2.05) is 50.2 Å². The van der Waals surface area contributed by atoms with Crippen molar-refractivity contribution in [3.8, 4) is 11.5 Å². The van der Waals surface area contributed by atoms with Gasteiger partial charge in [-0.05, 0) is 37.6 Å². The molecule has 0 heterocycles. The number of hydrogen-bond acceptors (Lipinski definition) is 4. The van der Waals surface area contributed by atoms with Crippen LogP contribution in [0.2, 0.25) is 0 Å². The summed E-state index contributed by atoms with van der Waals surface area (Å²) in [6.07, 6.45) is 0. The molecule has 1 atom stereocenters. The summed E-state index contributed by atoms with van der Waals surface area (Å²) >= 11 is 1.53. The number of carbonyl (C=O) groups is 1. The molecule has 0 aromatic heterocycles. The minimum Gasteiger partial charge on any atom is -0.493 e.